The Bertz CT molecular complexity index is 395. The number of rotatable bonds is 7. The van der Waals surface area contributed by atoms with E-state index in [4.69, 9.17) is 0 Å². The average Bonchev–Trinajstić information content (AvgIpc) is 2.34. The molecule has 0 fully saturated rings. The van der Waals surface area contributed by atoms with Gasteiger partial charge in [-0.25, -0.2) is 0 Å². The van der Waals surface area contributed by atoms with Crippen LogP contribution in [0.15, 0.2) is 18.2 Å². The van der Waals surface area contributed by atoms with E-state index in [-0.39, 0.29) is 0 Å². The maximum Gasteiger partial charge on any atom is 0.00108 e. The van der Waals surface area contributed by atoms with E-state index < -0.39 is 0 Å². The first-order valence-corrected chi connectivity index (χ1v) is 7.66. The molecule has 1 unspecified atom stereocenters. The summed E-state index contributed by atoms with van der Waals surface area (Å²) < 4.78 is 0. The lowest BCUT2D eigenvalue weighted by molar-refractivity contribution is 0.207. The number of hydrogen-bond donors (Lipinski definition) is 1. The fourth-order valence-corrected chi connectivity index (χ4v) is 2.40. The van der Waals surface area contributed by atoms with Gasteiger partial charge in [0.2, 0.25) is 0 Å². The Morgan fingerprint density at radius 2 is 1.84 bits per heavy atom. The molecule has 0 heterocycles. The molecule has 0 bridgehead atoms. The van der Waals surface area contributed by atoms with Crippen LogP contribution in [0.25, 0.3) is 0 Å². The molecule has 0 saturated heterocycles. The lowest BCUT2D eigenvalue weighted by Crippen LogP contribution is -2.38. The summed E-state index contributed by atoms with van der Waals surface area (Å²) >= 11 is 0. The number of aryl methyl sites for hydroxylation is 2. The van der Waals surface area contributed by atoms with Crippen molar-refractivity contribution in [2.75, 3.05) is 13.1 Å². The van der Waals surface area contributed by atoms with E-state index in [0.29, 0.717) is 11.3 Å². The second-order valence-corrected chi connectivity index (χ2v) is 6.58. The van der Waals surface area contributed by atoms with Crippen molar-refractivity contribution in [1.82, 2.24) is 5.32 Å². The Balaban J connectivity index is 2.79. The lowest BCUT2D eigenvalue weighted by Gasteiger charge is -2.34. The van der Waals surface area contributed by atoms with Gasteiger partial charge in [0.05, 0.1) is 0 Å². The fourth-order valence-electron chi connectivity index (χ4n) is 2.40. The molecule has 0 aliphatic carbocycles. The van der Waals surface area contributed by atoms with Crippen LogP contribution in [0.4, 0.5) is 0 Å². The second kappa shape index (κ2) is 7.09. The highest BCUT2D eigenvalue weighted by Gasteiger charge is 2.28. The van der Waals surface area contributed by atoms with Gasteiger partial charge in [0.15, 0.2) is 0 Å². The number of nitrogens with one attached hydrogen (secondary N) is 1. The summed E-state index contributed by atoms with van der Waals surface area (Å²) in [6.45, 7) is 15.9. The molecular formula is C18H31N. The zero-order valence-electron chi connectivity index (χ0n) is 13.6. The minimum absolute atomic E-state index is 0.330. The predicted molar refractivity (Wildman–Crippen MR) is 85.7 cm³/mol. The van der Waals surface area contributed by atoms with E-state index in [2.05, 4.69) is 65.1 Å². The zero-order chi connectivity index (χ0) is 14.5. The van der Waals surface area contributed by atoms with Gasteiger partial charge in [0, 0.05) is 6.54 Å². The van der Waals surface area contributed by atoms with Gasteiger partial charge >= 0.3 is 0 Å². The molecule has 1 heteroatoms. The van der Waals surface area contributed by atoms with Crippen molar-refractivity contribution < 1.29 is 0 Å². The van der Waals surface area contributed by atoms with E-state index in [9.17, 15) is 0 Å². The summed E-state index contributed by atoms with van der Waals surface area (Å²) in [6.07, 6.45) is 2.36. The zero-order valence-corrected chi connectivity index (χ0v) is 13.6. The molecule has 0 aliphatic heterocycles. The van der Waals surface area contributed by atoms with Crippen LogP contribution in [0.1, 0.15) is 50.8 Å². The van der Waals surface area contributed by atoms with Crippen molar-refractivity contribution in [2.24, 2.45) is 11.3 Å². The standard InChI is InChI=1S/C18H31N/c1-7-10-19-13-18(6,14(2)3)12-17-9-8-15(4)16(5)11-17/h8-9,11,14,19H,7,10,12-13H2,1-6H3. The van der Waals surface area contributed by atoms with Crippen LogP contribution < -0.4 is 5.32 Å². The summed E-state index contributed by atoms with van der Waals surface area (Å²) in [7, 11) is 0. The van der Waals surface area contributed by atoms with Gasteiger partial charge in [-0.2, -0.15) is 0 Å². The van der Waals surface area contributed by atoms with Gasteiger partial charge in [-0.1, -0.05) is 45.9 Å². The van der Waals surface area contributed by atoms with E-state index in [1.54, 1.807) is 0 Å². The van der Waals surface area contributed by atoms with Gasteiger partial charge in [-0.15, -0.1) is 0 Å². The van der Waals surface area contributed by atoms with Crippen molar-refractivity contribution in [1.29, 1.82) is 0 Å². The third kappa shape index (κ3) is 4.65. The van der Waals surface area contributed by atoms with Crippen molar-refractivity contribution in [3.63, 3.8) is 0 Å². The third-order valence-corrected chi connectivity index (χ3v) is 4.53. The number of benzene rings is 1. The highest BCUT2D eigenvalue weighted by Crippen LogP contribution is 2.31. The van der Waals surface area contributed by atoms with Crippen molar-refractivity contribution in [3.8, 4) is 0 Å². The molecule has 1 nitrogen and oxygen atoms in total. The normalized spacial score (nSPS) is 14.7. The van der Waals surface area contributed by atoms with Crippen LogP contribution >= 0.6 is 0 Å². The Morgan fingerprint density at radius 3 is 2.37 bits per heavy atom. The SMILES string of the molecule is CCCNCC(C)(Cc1ccc(C)c(C)c1)C(C)C. The first-order valence-electron chi connectivity index (χ1n) is 7.66. The van der Waals surface area contributed by atoms with E-state index in [1.165, 1.54) is 23.1 Å². The van der Waals surface area contributed by atoms with E-state index in [0.717, 1.165) is 19.5 Å². The summed E-state index contributed by atoms with van der Waals surface area (Å²) in [4.78, 5) is 0. The largest absolute Gasteiger partial charge is 0.316 e. The van der Waals surface area contributed by atoms with Crippen LogP contribution in [-0.2, 0) is 6.42 Å². The Morgan fingerprint density at radius 1 is 1.16 bits per heavy atom. The molecule has 1 aromatic rings. The van der Waals surface area contributed by atoms with Gasteiger partial charge < -0.3 is 5.32 Å². The molecular weight excluding hydrogens is 230 g/mol. The Kier molecular flexibility index (Phi) is 6.06. The highest BCUT2D eigenvalue weighted by atomic mass is 14.9. The topological polar surface area (TPSA) is 12.0 Å². The average molecular weight is 261 g/mol. The molecule has 0 radical (unpaired) electrons. The van der Waals surface area contributed by atoms with Crippen LogP contribution in [-0.4, -0.2) is 13.1 Å². The molecule has 1 aromatic carbocycles. The molecule has 1 N–H and O–H groups in total. The summed E-state index contributed by atoms with van der Waals surface area (Å²) in [5.41, 5.74) is 4.60. The maximum atomic E-state index is 3.60. The van der Waals surface area contributed by atoms with Crippen molar-refractivity contribution in [3.05, 3.63) is 34.9 Å². The Labute approximate surface area is 119 Å². The molecule has 19 heavy (non-hydrogen) atoms. The quantitative estimate of drug-likeness (QED) is 0.712. The predicted octanol–water partition coefficient (Wildman–Crippen LogP) is 4.51. The fraction of sp³-hybridized carbons (Fsp3) is 0.667. The minimum Gasteiger partial charge on any atom is -0.316 e. The monoisotopic (exact) mass is 261 g/mol. The molecule has 0 spiro atoms. The molecule has 0 aliphatic rings. The molecule has 0 saturated carbocycles. The number of hydrogen-bond acceptors (Lipinski definition) is 1. The summed E-state index contributed by atoms with van der Waals surface area (Å²) in [5, 5.41) is 3.60. The van der Waals surface area contributed by atoms with Crippen LogP contribution in [0.2, 0.25) is 0 Å². The van der Waals surface area contributed by atoms with E-state index in [1.807, 2.05) is 0 Å². The van der Waals surface area contributed by atoms with Crippen molar-refractivity contribution >= 4 is 0 Å². The third-order valence-electron chi connectivity index (χ3n) is 4.53. The first-order chi connectivity index (χ1) is 8.89. The summed E-state index contributed by atoms with van der Waals surface area (Å²) in [6, 6.07) is 6.91. The summed E-state index contributed by atoms with van der Waals surface area (Å²) in [5.74, 6) is 0.679. The molecule has 108 valence electrons. The minimum atomic E-state index is 0.330. The molecule has 1 rings (SSSR count). The van der Waals surface area contributed by atoms with E-state index >= 15 is 0 Å². The van der Waals surface area contributed by atoms with Gasteiger partial charge in [0.1, 0.15) is 0 Å². The van der Waals surface area contributed by atoms with Crippen LogP contribution in [0, 0.1) is 25.2 Å². The first kappa shape index (κ1) is 16.2. The highest BCUT2D eigenvalue weighted by molar-refractivity contribution is 5.30. The Hall–Kier alpha value is -0.820. The molecule has 1 atom stereocenters. The second-order valence-electron chi connectivity index (χ2n) is 6.58. The van der Waals surface area contributed by atoms with Crippen LogP contribution in [0.5, 0.6) is 0 Å². The van der Waals surface area contributed by atoms with Crippen LogP contribution in [0.3, 0.4) is 0 Å². The molecule has 0 amide bonds. The van der Waals surface area contributed by atoms with Gasteiger partial charge in [-0.05, 0) is 61.3 Å². The maximum absolute atomic E-state index is 3.60. The van der Waals surface area contributed by atoms with Gasteiger partial charge in [-0.3, -0.25) is 0 Å². The molecule has 0 aromatic heterocycles. The smallest absolute Gasteiger partial charge is 0.00108 e. The van der Waals surface area contributed by atoms with Crippen molar-refractivity contribution in [2.45, 2.75) is 54.4 Å². The lowest BCUT2D eigenvalue weighted by atomic mass is 9.74. The van der Waals surface area contributed by atoms with Gasteiger partial charge in [0.25, 0.3) is 0 Å².